The summed E-state index contributed by atoms with van der Waals surface area (Å²) < 4.78 is 0. The van der Waals surface area contributed by atoms with Crippen molar-refractivity contribution in [3.8, 4) is 0 Å². The predicted octanol–water partition coefficient (Wildman–Crippen LogP) is 2.57. The van der Waals surface area contributed by atoms with Crippen LogP contribution in [0.15, 0.2) is 60.7 Å². The Morgan fingerprint density at radius 3 is 1.96 bits per heavy atom. The van der Waals surface area contributed by atoms with Crippen molar-refractivity contribution in [1.29, 1.82) is 0 Å². The number of piperidine rings is 1. The number of benzene rings is 2. The molecule has 0 aromatic heterocycles. The molecule has 26 heavy (non-hydrogen) atoms. The Morgan fingerprint density at radius 2 is 1.50 bits per heavy atom. The van der Waals surface area contributed by atoms with E-state index >= 15 is 0 Å². The largest absolute Gasteiger partial charge is 0.380 e. The molecule has 2 aromatic carbocycles. The van der Waals surface area contributed by atoms with Crippen molar-refractivity contribution in [1.82, 2.24) is 10.2 Å². The van der Waals surface area contributed by atoms with Gasteiger partial charge in [-0.1, -0.05) is 60.7 Å². The summed E-state index contributed by atoms with van der Waals surface area (Å²) >= 11 is 0. The molecule has 3 rings (SSSR count). The number of carbonyl (C=O) groups excluding carboxylic acids is 1. The number of likely N-dealkylation sites (tertiary alicyclic amines) is 1. The predicted molar refractivity (Wildman–Crippen MR) is 104 cm³/mol. The van der Waals surface area contributed by atoms with E-state index in [1.54, 1.807) is 0 Å². The molecule has 1 aliphatic rings. The topological polar surface area (TPSA) is 52.6 Å². The van der Waals surface area contributed by atoms with Crippen LogP contribution in [0.4, 0.5) is 0 Å². The Kier molecular flexibility index (Phi) is 5.44. The third kappa shape index (κ3) is 3.81. The van der Waals surface area contributed by atoms with Gasteiger partial charge in [0.2, 0.25) is 0 Å². The van der Waals surface area contributed by atoms with E-state index in [-0.39, 0.29) is 11.3 Å². The van der Waals surface area contributed by atoms with Crippen molar-refractivity contribution in [3.05, 3.63) is 71.8 Å². The first-order chi connectivity index (χ1) is 12.4. The normalized spacial score (nSPS) is 17.7. The number of carbonyl (C=O) groups is 1. The van der Waals surface area contributed by atoms with Gasteiger partial charge in [-0.3, -0.25) is 4.79 Å². The van der Waals surface area contributed by atoms with Gasteiger partial charge in [-0.05, 0) is 37.9 Å². The van der Waals surface area contributed by atoms with Gasteiger partial charge in [-0.25, -0.2) is 0 Å². The Hall–Kier alpha value is -2.17. The fourth-order valence-corrected chi connectivity index (χ4v) is 3.62. The molecular formula is C22H28N2O2. The van der Waals surface area contributed by atoms with Crippen molar-refractivity contribution in [2.75, 3.05) is 26.7 Å². The average molecular weight is 352 g/mol. The maximum Gasteiger partial charge on any atom is 0.252 e. The summed E-state index contributed by atoms with van der Waals surface area (Å²) in [6, 6.07) is 20.4. The zero-order valence-corrected chi connectivity index (χ0v) is 15.6. The molecule has 1 heterocycles. The summed E-state index contributed by atoms with van der Waals surface area (Å²) in [5, 5.41) is 13.8. The smallest absolute Gasteiger partial charge is 0.252 e. The highest BCUT2D eigenvalue weighted by Crippen LogP contribution is 2.31. The van der Waals surface area contributed by atoms with Crippen molar-refractivity contribution in [2.45, 2.75) is 30.8 Å². The van der Waals surface area contributed by atoms with E-state index in [0.29, 0.717) is 19.4 Å². The van der Waals surface area contributed by atoms with E-state index < -0.39 is 5.60 Å². The lowest BCUT2D eigenvalue weighted by atomic mass is 9.76. The number of nitrogens with zero attached hydrogens (tertiary/aromatic N) is 1. The second-order valence-electron chi connectivity index (χ2n) is 7.58. The number of rotatable bonds is 5. The first-order valence-electron chi connectivity index (χ1n) is 9.24. The van der Waals surface area contributed by atoms with Crippen LogP contribution in [0.25, 0.3) is 0 Å². The molecule has 0 saturated carbocycles. The van der Waals surface area contributed by atoms with Crippen LogP contribution in [0, 0.1) is 0 Å². The summed E-state index contributed by atoms with van der Waals surface area (Å²) in [5.41, 5.74) is 0.657. The molecule has 0 aliphatic carbocycles. The molecule has 2 aromatic rings. The van der Waals surface area contributed by atoms with Crippen LogP contribution in [0.5, 0.6) is 0 Å². The van der Waals surface area contributed by atoms with Crippen LogP contribution < -0.4 is 5.32 Å². The lowest BCUT2D eigenvalue weighted by Crippen LogP contribution is -2.55. The van der Waals surface area contributed by atoms with Gasteiger partial charge < -0.3 is 15.3 Å². The molecule has 0 atom stereocenters. The van der Waals surface area contributed by atoms with Gasteiger partial charge in [0.15, 0.2) is 0 Å². The van der Waals surface area contributed by atoms with Crippen LogP contribution in [0.1, 0.15) is 30.9 Å². The van der Waals surface area contributed by atoms with Gasteiger partial charge in [-0.15, -0.1) is 0 Å². The van der Waals surface area contributed by atoms with Gasteiger partial charge in [0.1, 0.15) is 5.60 Å². The maximum absolute atomic E-state index is 12.8. The molecule has 4 nitrogen and oxygen atoms in total. The number of amides is 1. The third-order valence-corrected chi connectivity index (χ3v) is 5.66. The zero-order valence-electron chi connectivity index (χ0n) is 15.6. The first-order valence-corrected chi connectivity index (χ1v) is 9.24. The van der Waals surface area contributed by atoms with Crippen LogP contribution in [0.3, 0.4) is 0 Å². The van der Waals surface area contributed by atoms with Crippen LogP contribution in [-0.4, -0.2) is 48.2 Å². The Balaban J connectivity index is 1.80. The quantitative estimate of drug-likeness (QED) is 0.870. The lowest BCUT2D eigenvalue weighted by molar-refractivity contribution is -0.144. The highest BCUT2D eigenvalue weighted by atomic mass is 16.3. The molecule has 0 bridgehead atoms. The Morgan fingerprint density at radius 1 is 1.04 bits per heavy atom. The van der Waals surface area contributed by atoms with Crippen molar-refractivity contribution in [2.24, 2.45) is 0 Å². The summed E-state index contributed by atoms with van der Waals surface area (Å²) in [6.45, 7) is 4.05. The number of hydrogen-bond donors (Lipinski definition) is 2. The first kappa shape index (κ1) is 18.6. The lowest BCUT2D eigenvalue weighted by Gasteiger charge is -2.37. The average Bonchev–Trinajstić information content (AvgIpc) is 2.69. The van der Waals surface area contributed by atoms with Gasteiger partial charge in [-0.2, -0.15) is 0 Å². The van der Waals surface area contributed by atoms with Crippen LogP contribution in [-0.2, 0) is 10.2 Å². The Bertz CT molecular complexity index is 683. The second kappa shape index (κ2) is 7.60. The Labute approximate surface area is 155 Å². The number of nitrogens with one attached hydrogen (secondary N) is 1. The highest BCUT2D eigenvalue weighted by molar-refractivity contribution is 5.85. The minimum absolute atomic E-state index is 0.260. The minimum Gasteiger partial charge on any atom is -0.380 e. The molecule has 0 spiro atoms. The summed E-state index contributed by atoms with van der Waals surface area (Å²) in [7, 11) is 2.01. The molecule has 0 radical (unpaired) electrons. The molecule has 1 aliphatic heterocycles. The SMILES string of the molecule is CN1CCC(O)(C(=O)NCC(C)(c2ccccc2)c2ccccc2)CC1. The molecule has 1 fully saturated rings. The standard InChI is InChI=1S/C22H28N2O2/c1-21(18-9-5-3-6-10-18,19-11-7-4-8-12-19)17-23-20(25)22(26)13-15-24(2)16-14-22/h3-12,26H,13-17H2,1-2H3,(H,23,25). The van der Waals surface area contributed by atoms with E-state index in [2.05, 4.69) is 41.4 Å². The van der Waals surface area contributed by atoms with Gasteiger partial charge in [0, 0.05) is 25.0 Å². The number of hydrogen-bond acceptors (Lipinski definition) is 3. The zero-order chi connectivity index (χ0) is 18.6. The molecule has 1 saturated heterocycles. The monoisotopic (exact) mass is 352 g/mol. The molecule has 2 N–H and O–H groups in total. The van der Waals surface area contributed by atoms with E-state index in [4.69, 9.17) is 0 Å². The summed E-state index contributed by atoms with van der Waals surface area (Å²) in [6.07, 6.45) is 0.950. The van der Waals surface area contributed by atoms with Crippen LogP contribution in [0.2, 0.25) is 0 Å². The van der Waals surface area contributed by atoms with Crippen molar-refractivity contribution < 1.29 is 9.90 Å². The maximum atomic E-state index is 12.8. The van der Waals surface area contributed by atoms with Gasteiger partial charge >= 0.3 is 0 Å². The van der Waals surface area contributed by atoms with E-state index in [1.807, 2.05) is 43.4 Å². The molecule has 4 heteroatoms. The minimum atomic E-state index is -1.26. The van der Waals surface area contributed by atoms with Crippen LogP contribution >= 0.6 is 0 Å². The summed E-state index contributed by atoms with van der Waals surface area (Å²) in [4.78, 5) is 14.9. The fraction of sp³-hybridized carbons (Fsp3) is 0.409. The molecule has 1 amide bonds. The van der Waals surface area contributed by atoms with Crippen molar-refractivity contribution >= 4 is 5.91 Å². The van der Waals surface area contributed by atoms with Gasteiger partial charge in [0.25, 0.3) is 5.91 Å². The fourth-order valence-electron chi connectivity index (χ4n) is 3.62. The van der Waals surface area contributed by atoms with E-state index in [9.17, 15) is 9.90 Å². The number of aliphatic hydroxyl groups is 1. The molecular weight excluding hydrogens is 324 g/mol. The molecule has 0 unspecified atom stereocenters. The summed E-state index contributed by atoms with van der Waals surface area (Å²) in [5.74, 6) is -0.260. The molecule has 138 valence electrons. The second-order valence-corrected chi connectivity index (χ2v) is 7.58. The van der Waals surface area contributed by atoms with Gasteiger partial charge in [0.05, 0.1) is 0 Å². The third-order valence-electron chi connectivity index (χ3n) is 5.66. The highest BCUT2D eigenvalue weighted by Gasteiger charge is 2.39. The van der Waals surface area contributed by atoms with Crippen molar-refractivity contribution in [3.63, 3.8) is 0 Å². The van der Waals surface area contributed by atoms with E-state index in [0.717, 1.165) is 24.2 Å². The van der Waals surface area contributed by atoms with E-state index in [1.165, 1.54) is 0 Å².